The summed E-state index contributed by atoms with van der Waals surface area (Å²) in [5.74, 6) is 0.746. The van der Waals surface area contributed by atoms with Crippen molar-refractivity contribution >= 4 is 24.0 Å². The maximum atomic E-state index is 12.2. The predicted molar refractivity (Wildman–Crippen MR) is 93.7 cm³/mol. The summed E-state index contributed by atoms with van der Waals surface area (Å²) in [7, 11) is 1.92. The molecule has 1 saturated heterocycles. The molecule has 24 heavy (non-hydrogen) atoms. The molecule has 0 aliphatic carbocycles. The van der Waals surface area contributed by atoms with Gasteiger partial charge in [0, 0.05) is 19.2 Å². The lowest BCUT2D eigenvalue weighted by Crippen LogP contribution is -2.42. The van der Waals surface area contributed by atoms with Gasteiger partial charge < -0.3 is 15.0 Å². The molecule has 0 spiro atoms. The van der Waals surface area contributed by atoms with Gasteiger partial charge in [0.05, 0.1) is 18.0 Å². The van der Waals surface area contributed by atoms with Crippen molar-refractivity contribution in [2.45, 2.75) is 19.3 Å². The molecule has 134 valence electrons. The summed E-state index contributed by atoms with van der Waals surface area (Å²) in [5, 5.41) is 14.1. The van der Waals surface area contributed by atoms with Gasteiger partial charge in [0.2, 0.25) is 5.91 Å². The minimum absolute atomic E-state index is 0. The fraction of sp³-hybridized carbons (Fsp3) is 0.562. The Bertz CT molecular complexity index is 554. The van der Waals surface area contributed by atoms with Crippen LogP contribution in [0.15, 0.2) is 24.3 Å². The number of likely N-dealkylation sites (tertiary alicyclic amines) is 1. The normalized spacial score (nSPS) is 17.0. The quantitative estimate of drug-likeness (QED) is 0.597. The van der Waals surface area contributed by atoms with E-state index >= 15 is 0 Å². The third kappa shape index (κ3) is 5.65. The van der Waals surface area contributed by atoms with E-state index in [0.29, 0.717) is 5.92 Å². The number of nitro benzene ring substituents is 1. The molecule has 8 heteroatoms. The zero-order chi connectivity index (χ0) is 16.7. The van der Waals surface area contributed by atoms with Crippen molar-refractivity contribution in [3.8, 4) is 5.75 Å². The summed E-state index contributed by atoms with van der Waals surface area (Å²) in [6.45, 7) is 2.61. The highest BCUT2D eigenvalue weighted by atomic mass is 35.5. The van der Waals surface area contributed by atoms with Crippen molar-refractivity contribution in [2.75, 3.05) is 33.3 Å². The van der Waals surface area contributed by atoms with E-state index in [0.717, 1.165) is 32.5 Å². The van der Waals surface area contributed by atoms with Crippen molar-refractivity contribution in [2.24, 2.45) is 5.92 Å². The van der Waals surface area contributed by atoms with Crippen LogP contribution in [0.4, 0.5) is 5.69 Å². The number of hydrogen-bond donors (Lipinski definition) is 1. The number of nitrogens with zero attached hydrogens (tertiary/aromatic N) is 2. The van der Waals surface area contributed by atoms with Gasteiger partial charge in [-0.25, -0.2) is 0 Å². The van der Waals surface area contributed by atoms with Crippen LogP contribution in [0.2, 0.25) is 0 Å². The predicted octanol–water partition coefficient (Wildman–Crippen LogP) is 2.24. The lowest BCUT2D eigenvalue weighted by atomic mass is 9.98. The highest BCUT2D eigenvalue weighted by Crippen LogP contribution is 2.26. The number of nitro groups is 1. The molecule has 1 atom stereocenters. The number of halogens is 1. The number of benzene rings is 1. The molecular weight excluding hydrogens is 334 g/mol. The Kier molecular flexibility index (Phi) is 8.49. The minimum Gasteiger partial charge on any atom is -0.486 e. The summed E-state index contributed by atoms with van der Waals surface area (Å²) >= 11 is 0. The van der Waals surface area contributed by atoms with E-state index in [2.05, 4.69) is 5.32 Å². The maximum absolute atomic E-state index is 12.2. The molecule has 0 saturated carbocycles. The number of para-hydroxylation sites is 2. The van der Waals surface area contributed by atoms with Crippen LogP contribution in [-0.4, -0.2) is 49.0 Å². The number of piperidine rings is 1. The molecule has 1 heterocycles. The van der Waals surface area contributed by atoms with Crippen molar-refractivity contribution in [3.63, 3.8) is 0 Å². The third-order valence-corrected chi connectivity index (χ3v) is 4.00. The molecule has 1 aromatic carbocycles. The highest BCUT2D eigenvalue weighted by molar-refractivity contribution is 5.85. The third-order valence-electron chi connectivity index (χ3n) is 4.00. The Morgan fingerprint density at radius 1 is 1.46 bits per heavy atom. The molecule has 1 aromatic rings. The van der Waals surface area contributed by atoms with Crippen molar-refractivity contribution in [3.05, 3.63) is 34.4 Å². The Balaban J connectivity index is 0.00000288. The van der Waals surface area contributed by atoms with Crippen LogP contribution in [-0.2, 0) is 4.79 Å². The maximum Gasteiger partial charge on any atom is 0.310 e. The molecule has 1 aliphatic rings. The smallest absolute Gasteiger partial charge is 0.310 e. The first-order valence-electron chi connectivity index (χ1n) is 7.90. The Labute approximate surface area is 147 Å². The van der Waals surface area contributed by atoms with Crippen LogP contribution in [0.1, 0.15) is 19.3 Å². The van der Waals surface area contributed by atoms with Crippen LogP contribution in [0.25, 0.3) is 0 Å². The second kappa shape index (κ2) is 10.1. The van der Waals surface area contributed by atoms with Crippen LogP contribution in [0.5, 0.6) is 5.75 Å². The van der Waals surface area contributed by atoms with E-state index in [1.807, 2.05) is 11.9 Å². The monoisotopic (exact) mass is 357 g/mol. The zero-order valence-corrected chi connectivity index (χ0v) is 14.6. The number of rotatable bonds is 7. The van der Waals surface area contributed by atoms with Gasteiger partial charge in [0.15, 0.2) is 5.75 Å². The summed E-state index contributed by atoms with van der Waals surface area (Å²) in [6, 6.07) is 6.21. The van der Waals surface area contributed by atoms with E-state index in [1.54, 1.807) is 18.2 Å². The summed E-state index contributed by atoms with van der Waals surface area (Å²) in [5.41, 5.74) is -0.0768. The summed E-state index contributed by atoms with van der Waals surface area (Å²) in [4.78, 5) is 24.5. The van der Waals surface area contributed by atoms with Crippen molar-refractivity contribution in [1.29, 1.82) is 0 Å². The number of amides is 1. The average molecular weight is 358 g/mol. The molecule has 0 bridgehead atoms. The van der Waals surface area contributed by atoms with Gasteiger partial charge in [-0.15, -0.1) is 12.4 Å². The summed E-state index contributed by atoms with van der Waals surface area (Å²) < 4.78 is 5.43. The number of carbonyl (C=O) groups is 1. The molecule has 1 aliphatic heterocycles. The number of nitrogens with one attached hydrogen (secondary N) is 1. The van der Waals surface area contributed by atoms with Gasteiger partial charge >= 0.3 is 5.69 Å². The van der Waals surface area contributed by atoms with Crippen LogP contribution >= 0.6 is 12.4 Å². The first-order chi connectivity index (χ1) is 11.1. The van der Waals surface area contributed by atoms with E-state index in [-0.39, 0.29) is 42.8 Å². The Hall–Kier alpha value is -1.86. The zero-order valence-electron chi connectivity index (χ0n) is 13.8. The molecular formula is C16H24ClN3O4. The van der Waals surface area contributed by atoms with Crippen molar-refractivity contribution in [1.82, 2.24) is 10.2 Å². The lowest BCUT2D eigenvalue weighted by molar-refractivity contribution is -0.385. The van der Waals surface area contributed by atoms with Gasteiger partial charge in [-0.1, -0.05) is 12.1 Å². The number of carbonyl (C=O) groups excluding carboxylic acids is 1. The van der Waals surface area contributed by atoms with Crippen LogP contribution < -0.4 is 10.1 Å². The van der Waals surface area contributed by atoms with Gasteiger partial charge in [0.1, 0.15) is 0 Å². The van der Waals surface area contributed by atoms with E-state index in [4.69, 9.17) is 4.74 Å². The fourth-order valence-electron chi connectivity index (χ4n) is 2.88. The molecule has 2 rings (SSSR count). The summed E-state index contributed by atoms with van der Waals surface area (Å²) in [6.07, 6.45) is 2.39. The molecule has 0 radical (unpaired) electrons. The van der Waals surface area contributed by atoms with E-state index < -0.39 is 4.92 Å². The van der Waals surface area contributed by atoms with E-state index in [1.165, 1.54) is 6.07 Å². The van der Waals surface area contributed by atoms with Gasteiger partial charge in [-0.2, -0.15) is 0 Å². The highest BCUT2D eigenvalue weighted by Gasteiger charge is 2.23. The van der Waals surface area contributed by atoms with E-state index in [9.17, 15) is 14.9 Å². The number of ether oxygens (including phenoxy) is 1. The molecule has 7 nitrogen and oxygen atoms in total. The SMILES string of the molecule is CNCC1CCCN(C(=O)CCOc2ccccc2[N+](=O)[O-])C1.Cl. The first kappa shape index (κ1) is 20.2. The standard InChI is InChI=1S/C16H23N3O4.ClH/c1-17-11-13-5-4-9-18(12-13)16(20)8-10-23-15-7-3-2-6-14(15)19(21)22;/h2-3,6-7,13,17H,4-5,8-12H2,1H3;1H. The second-order valence-corrected chi connectivity index (χ2v) is 5.73. The first-order valence-corrected chi connectivity index (χ1v) is 7.90. The molecule has 1 N–H and O–H groups in total. The fourth-order valence-corrected chi connectivity index (χ4v) is 2.88. The Morgan fingerprint density at radius 3 is 2.92 bits per heavy atom. The topological polar surface area (TPSA) is 84.7 Å². The minimum atomic E-state index is -0.482. The van der Waals surface area contributed by atoms with Crippen LogP contribution in [0, 0.1) is 16.0 Å². The van der Waals surface area contributed by atoms with Gasteiger partial charge in [-0.3, -0.25) is 14.9 Å². The molecule has 1 amide bonds. The second-order valence-electron chi connectivity index (χ2n) is 5.73. The molecule has 1 unspecified atom stereocenters. The average Bonchev–Trinajstić information content (AvgIpc) is 2.55. The van der Waals surface area contributed by atoms with Crippen molar-refractivity contribution < 1.29 is 14.5 Å². The van der Waals surface area contributed by atoms with Crippen LogP contribution in [0.3, 0.4) is 0 Å². The largest absolute Gasteiger partial charge is 0.486 e. The van der Waals surface area contributed by atoms with Gasteiger partial charge in [-0.05, 0) is 38.4 Å². The number of hydrogen-bond acceptors (Lipinski definition) is 5. The Morgan fingerprint density at radius 2 is 2.21 bits per heavy atom. The molecule has 1 fully saturated rings. The van der Waals surface area contributed by atoms with Gasteiger partial charge in [0.25, 0.3) is 0 Å². The molecule has 0 aromatic heterocycles. The lowest BCUT2D eigenvalue weighted by Gasteiger charge is -2.32.